The molecule has 0 saturated carbocycles. The quantitative estimate of drug-likeness (QED) is 0.550. The Morgan fingerprint density at radius 1 is 1.62 bits per heavy atom. The molecule has 0 saturated heterocycles. The Balaban J connectivity index is 2.67. The summed E-state index contributed by atoms with van der Waals surface area (Å²) in [5.74, 6) is 5.85. The van der Waals surface area contributed by atoms with Crippen LogP contribution in [0, 0.1) is 11.8 Å². The Morgan fingerprint density at radius 2 is 2.38 bits per heavy atom. The Labute approximate surface area is 76.6 Å². The van der Waals surface area contributed by atoms with E-state index in [4.69, 9.17) is 15.1 Å². The van der Waals surface area contributed by atoms with Gasteiger partial charge in [0.25, 0.3) is 0 Å². The first-order chi connectivity index (χ1) is 6.33. The molecule has 1 atom stereocenters. The van der Waals surface area contributed by atoms with Gasteiger partial charge in [-0.25, -0.2) is 0 Å². The molecule has 0 radical (unpaired) electrons. The summed E-state index contributed by atoms with van der Waals surface area (Å²) in [6, 6.07) is 0. The Morgan fingerprint density at radius 3 is 2.92 bits per heavy atom. The average Bonchev–Trinajstić information content (AvgIpc) is 2.50. The fraction of sp³-hybridized carbons (Fsp3) is 0.625. The molecule has 13 heavy (non-hydrogen) atoms. The first-order valence-corrected chi connectivity index (χ1v) is 3.98. The van der Waals surface area contributed by atoms with Crippen molar-refractivity contribution in [2.45, 2.75) is 13.2 Å². The van der Waals surface area contributed by atoms with E-state index in [-0.39, 0.29) is 13.2 Å². The smallest absolute Gasteiger partial charge is 0.225 e. The molecule has 0 amide bonds. The van der Waals surface area contributed by atoms with E-state index in [1.54, 1.807) is 11.8 Å². The van der Waals surface area contributed by atoms with Crippen molar-refractivity contribution in [3.05, 3.63) is 0 Å². The largest absolute Gasteiger partial charge is 0.395 e. The third-order valence-electron chi connectivity index (χ3n) is 1.61. The maximum absolute atomic E-state index is 8.88. The highest BCUT2D eigenvalue weighted by molar-refractivity contribution is 5.98. The van der Waals surface area contributed by atoms with Gasteiger partial charge in [-0.1, -0.05) is 11.1 Å². The van der Waals surface area contributed by atoms with Crippen molar-refractivity contribution in [1.82, 2.24) is 4.90 Å². The molecule has 1 aliphatic heterocycles. The molecule has 2 N–H and O–H groups in total. The Hall–Kier alpha value is -1.25. The van der Waals surface area contributed by atoms with Gasteiger partial charge in [0.2, 0.25) is 12.1 Å². The van der Waals surface area contributed by atoms with Crippen LogP contribution in [0.3, 0.4) is 0 Å². The number of rotatable bonds is 3. The van der Waals surface area contributed by atoms with E-state index in [0.717, 1.165) is 0 Å². The van der Waals surface area contributed by atoms with E-state index in [9.17, 15) is 0 Å². The predicted octanol–water partition coefficient (Wildman–Crippen LogP) is -1.03. The molecule has 0 bridgehead atoms. The second-order valence-corrected chi connectivity index (χ2v) is 2.45. The molecule has 0 aromatic heterocycles. The molecule has 0 aromatic rings. The molecule has 0 aromatic carbocycles. The van der Waals surface area contributed by atoms with Crippen molar-refractivity contribution in [2.24, 2.45) is 5.16 Å². The zero-order valence-electron chi connectivity index (χ0n) is 7.40. The molecule has 0 aliphatic carbocycles. The van der Waals surface area contributed by atoms with Crippen LogP contribution in [0.25, 0.3) is 0 Å². The van der Waals surface area contributed by atoms with E-state index >= 15 is 0 Å². The maximum atomic E-state index is 8.88. The van der Waals surface area contributed by atoms with Gasteiger partial charge >= 0.3 is 0 Å². The second kappa shape index (κ2) is 4.70. The minimum absolute atomic E-state index is 0.0235. The molecule has 1 unspecified atom stereocenters. The lowest BCUT2D eigenvalue weighted by Crippen LogP contribution is -2.39. The average molecular weight is 184 g/mol. The number of nitrogens with zero attached hydrogens (tertiary/aromatic N) is 2. The van der Waals surface area contributed by atoms with E-state index in [1.165, 1.54) is 0 Å². The van der Waals surface area contributed by atoms with E-state index in [1.807, 2.05) is 0 Å². The van der Waals surface area contributed by atoms with E-state index in [2.05, 4.69) is 17.0 Å². The number of hydrogen-bond donors (Lipinski definition) is 2. The molecule has 1 heterocycles. The summed E-state index contributed by atoms with van der Waals surface area (Å²) in [7, 11) is 0. The monoisotopic (exact) mass is 184 g/mol. The molecule has 5 heteroatoms. The summed E-state index contributed by atoms with van der Waals surface area (Å²) in [6.07, 6.45) is -0.511. The summed E-state index contributed by atoms with van der Waals surface area (Å²) in [6.45, 7) is 1.85. The van der Waals surface area contributed by atoms with Crippen molar-refractivity contribution in [1.29, 1.82) is 0 Å². The molecular weight excluding hydrogens is 172 g/mol. The van der Waals surface area contributed by atoms with Crippen LogP contribution in [-0.2, 0) is 4.84 Å². The van der Waals surface area contributed by atoms with Crippen molar-refractivity contribution in [3.63, 3.8) is 0 Å². The molecule has 5 nitrogen and oxygen atoms in total. The van der Waals surface area contributed by atoms with Crippen LogP contribution >= 0.6 is 0 Å². The van der Waals surface area contributed by atoms with Gasteiger partial charge in [0.1, 0.15) is 6.61 Å². The van der Waals surface area contributed by atoms with Gasteiger partial charge in [0.05, 0.1) is 6.61 Å². The Bertz CT molecular complexity index is 254. The Kier molecular flexibility index (Phi) is 3.55. The number of aliphatic hydroxyl groups is 2. The standard InChI is InChI=1S/C8H12N2O3/c1-2-3-7-9-13-8(6-12)10(7)4-5-11/h8,11-12H,4-6H2,1H3. The first-order valence-electron chi connectivity index (χ1n) is 3.98. The summed E-state index contributed by atoms with van der Waals surface area (Å²) in [5, 5.41) is 21.3. The van der Waals surface area contributed by atoms with Gasteiger partial charge in [0.15, 0.2) is 0 Å². The zero-order chi connectivity index (χ0) is 9.68. The minimum atomic E-state index is -0.511. The maximum Gasteiger partial charge on any atom is 0.225 e. The van der Waals surface area contributed by atoms with Gasteiger partial charge in [-0.05, 0) is 12.8 Å². The molecule has 1 aliphatic rings. The van der Waals surface area contributed by atoms with E-state index in [0.29, 0.717) is 12.4 Å². The lowest BCUT2D eigenvalue weighted by atomic mass is 10.4. The third kappa shape index (κ3) is 2.11. The summed E-state index contributed by atoms with van der Waals surface area (Å²) in [4.78, 5) is 6.50. The van der Waals surface area contributed by atoms with Gasteiger partial charge in [0, 0.05) is 6.54 Å². The van der Waals surface area contributed by atoms with Crippen LogP contribution in [0.4, 0.5) is 0 Å². The topological polar surface area (TPSA) is 65.3 Å². The van der Waals surface area contributed by atoms with Crippen LogP contribution in [0.5, 0.6) is 0 Å². The van der Waals surface area contributed by atoms with Gasteiger partial charge in [-0.3, -0.25) is 0 Å². The number of β-amino-alcohol motifs (C(OH)–C–C–N with tert-alkyl or cyclic N) is 1. The van der Waals surface area contributed by atoms with Crippen LogP contribution in [0.1, 0.15) is 6.92 Å². The lowest BCUT2D eigenvalue weighted by molar-refractivity contribution is -0.0307. The first kappa shape index (κ1) is 9.84. The normalized spacial score (nSPS) is 20.4. The molecule has 72 valence electrons. The van der Waals surface area contributed by atoms with Crippen molar-refractivity contribution in [3.8, 4) is 11.8 Å². The fourth-order valence-corrected chi connectivity index (χ4v) is 1.05. The second-order valence-electron chi connectivity index (χ2n) is 2.45. The number of aliphatic hydroxyl groups excluding tert-OH is 2. The summed E-state index contributed by atoms with van der Waals surface area (Å²) >= 11 is 0. The zero-order valence-corrected chi connectivity index (χ0v) is 7.40. The SMILES string of the molecule is CC#CC1=NOC(CO)N1CCO. The van der Waals surface area contributed by atoms with Crippen LogP contribution in [0.2, 0.25) is 0 Å². The molecule has 0 fully saturated rings. The van der Waals surface area contributed by atoms with Gasteiger partial charge in [-0.15, -0.1) is 0 Å². The highest BCUT2D eigenvalue weighted by Crippen LogP contribution is 2.10. The van der Waals surface area contributed by atoms with Crippen LogP contribution < -0.4 is 0 Å². The molecule has 0 spiro atoms. The summed E-state index contributed by atoms with van der Waals surface area (Å²) in [5.41, 5.74) is 0. The third-order valence-corrected chi connectivity index (χ3v) is 1.61. The lowest BCUT2D eigenvalue weighted by Gasteiger charge is -2.20. The van der Waals surface area contributed by atoms with Gasteiger partial charge < -0.3 is 20.0 Å². The fourth-order valence-electron chi connectivity index (χ4n) is 1.05. The van der Waals surface area contributed by atoms with Gasteiger partial charge in [-0.2, -0.15) is 0 Å². The van der Waals surface area contributed by atoms with Crippen molar-refractivity contribution >= 4 is 5.84 Å². The summed E-state index contributed by atoms with van der Waals surface area (Å²) < 4.78 is 0. The van der Waals surface area contributed by atoms with Crippen molar-refractivity contribution < 1.29 is 15.1 Å². The number of hydrogen-bond acceptors (Lipinski definition) is 5. The van der Waals surface area contributed by atoms with E-state index < -0.39 is 6.23 Å². The highest BCUT2D eigenvalue weighted by atomic mass is 16.7. The molecular formula is C8H12N2O3. The number of oxime groups is 1. The molecule has 1 rings (SSSR count). The predicted molar refractivity (Wildman–Crippen MR) is 46.6 cm³/mol. The van der Waals surface area contributed by atoms with Crippen LogP contribution in [0.15, 0.2) is 5.16 Å². The minimum Gasteiger partial charge on any atom is -0.395 e. The highest BCUT2D eigenvalue weighted by Gasteiger charge is 2.27. The van der Waals surface area contributed by atoms with Crippen LogP contribution in [-0.4, -0.2) is 46.9 Å². The number of amidine groups is 1. The van der Waals surface area contributed by atoms with Crippen molar-refractivity contribution in [2.75, 3.05) is 19.8 Å².